The van der Waals surface area contributed by atoms with E-state index in [-0.39, 0.29) is 11.3 Å². The summed E-state index contributed by atoms with van der Waals surface area (Å²) < 4.78 is 12.4. The lowest BCUT2D eigenvalue weighted by molar-refractivity contribution is 0.0949. The lowest BCUT2D eigenvalue weighted by atomic mass is 10.1. The van der Waals surface area contributed by atoms with Gasteiger partial charge in [0.05, 0.1) is 11.1 Å². The van der Waals surface area contributed by atoms with Crippen LogP contribution in [0.15, 0.2) is 52.4 Å². The van der Waals surface area contributed by atoms with Gasteiger partial charge in [0.1, 0.15) is 13.2 Å². The second-order valence-corrected chi connectivity index (χ2v) is 6.51. The molecule has 0 aliphatic carbocycles. The van der Waals surface area contributed by atoms with Crippen molar-refractivity contribution >= 4 is 22.4 Å². The molecular weight excluding hydrogens is 372 g/mol. The summed E-state index contributed by atoms with van der Waals surface area (Å²) >= 11 is 0. The Hall–Kier alpha value is -3.68. The Labute approximate surface area is 166 Å². The van der Waals surface area contributed by atoms with Crippen molar-refractivity contribution in [1.29, 1.82) is 0 Å². The number of hydrogen-bond acceptors (Lipinski definition) is 6. The third-order valence-corrected chi connectivity index (χ3v) is 4.67. The van der Waals surface area contributed by atoms with Gasteiger partial charge < -0.3 is 9.47 Å². The smallest absolute Gasteiger partial charge is 0.292 e. The summed E-state index contributed by atoms with van der Waals surface area (Å²) in [6.07, 6.45) is 0. The molecule has 0 radical (unpaired) electrons. The SMILES string of the molecule is CCn1nc(C(=O)N/N=C(\C)c2ccc3c(c2)OCCO3)c2ccccc2c1=O. The van der Waals surface area contributed by atoms with Crippen LogP contribution in [-0.2, 0) is 6.54 Å². The van der Waals surface area contributed by atoms with Crippen LogP contribution < -0.4 is 20.5 Å². The van der Waals surface area contributed by atoms with Crippen molar-refractivity contribution in [3.05, 3.63) is 64.1 Å². The van der Waals surface area contributed by atoms with Gasteiger partial charge in [-0.1, -0.05) is 18.2 Å². The van der Waals surface area contributed by atoms with Crippen LogP contribution >= 0.6 is 0 Å². The zero-order chi connectivity index (χ0) is 20.4. The molecule has 4 rings (SSSR count). The average molecular weight is 392 g/mol. The molecule has 2 aromatic carbocycles. The van der Waals surface area contributed by atoms with Crippen molar-refractivity contribution in [1.82, 2.24) is 15.2 Å². The minimum atomic E-state index is -0.486. The first-order valence-corrected chi connectivity index (χ1v) is 9.33. The highest BCUT2D eigenvalue weighted by Gasteiger charge is 2.17. The topological polar surface area (TPSA) is 94.8 Å². The van der Waals surface area contributed by atoms with E-state index in [0.29, 0.717) is 47.7 Å². The number of nitrogens with zero attached hydrogens (tertiary/aromatic N) is 3. The molecule has 148 valence electrons. The molecule has 0 unspecified atom stereocenters. The number of nitrogens with one attached hydrogen (secondary N) is 1. The minimum Gasteiger partial charge on any atom is -0.486 e. The molecule has 0 atom stereocenters. The zero-order valence-corrected chi connectivity index (χ0v) is 16.1. The Morgan fingerprint density at radius 1 is 1.14 bits per heavy atom. The molecule has 1 aliphatic rings. The van der Waals surface area contributed by atoms with Crippen molar-refractivity contribution in [2.45, 2.75) is 20.4 Å². The number of benzene rings is 2. The van der Waals surface area contributed by atoms with Gasteiger partial charge >= 0.3 is 0 Å². The van der Waals surface area contributed by atoms with E-state index in [0.717, 1.165) is 5.56 Å². The number of fused-ring (bicyclic) bond motifs is 2. The number of hydrazone groups is 1. The Bertz CT molecular complexity index is 1180. The summed E-state index contributed by atoms with van der Waals surface area (Å²) in [6.45, 7) is 4.97. The summed E-state index contributed by atoms with van der Waals surface area (Å²) in [5.41, 5.74) is 3.86. The minimum absolute atomic E-state index is 0.153. The van der Waals surface area contributed by atoms with Crippen LogP contribution in [0.5, 0.6) is 11.5 Å². The van der Waals surface area contributed by atoms with E-state index in [9.17, 15) is 9.59 Å². The standard InChI is InChI=1S/C21H20N4O4/c1-3-25-21(27)16-7-5-4-6-15(16)19(24-25)20(26)23-22-13(2)14-8-9-17-18(12-14)29-11-10-28-17/h4-9,12H,3,10-11H2,1-2H3,(H,23,26)/b22-13+. The second kappa shape index (κ2) is 7.75. The van der Waals surface area contributed by atoms with Gasteiger partial charge in [-0.3, -0.25) is 9.59 Å². The average Bonchev–Trinajstić information content (AvgIpc) is 2.77. The van der Waals surface area contributed by atoms with E-state index in [1.54, 1.807) is 38.1 Å². The second-order valence-electron chi connectivity index (χ2n) is 6.51. The van der Waals surface area contributed by atoms with Gasteiger partial charge in [-0.25, -0.2) is 10.1 Å². The van der Waals surface area contributed by atoms with Crippen molar-refractivity contribution < 1.29 is 14.3 Å². The summed E-state index contributed by atoms with van der Waals surface area (Å²) in [4.78, 5) is 25.2. The lowest BCUT2D eigenvalue weighted by Crippen LogP contribution is -2.28. The number of hydrogen-bond donors (Lipinski definition) is 1. The first-order chi connectivity index (χ1) is 14.1. The van der Waals surface area contributed by atoms with Crippen LogP contribution in [0.3, 0.4) is 0 Å². The predicted octanol–water partition coefficient (Wildman–Crippen LogP) is 2.34. The monoisotopic (exact) mass is 392 g/mol. The van der Waals surface area contributed by atoms with E-state index >= 15 is 0 Å². The van der Waals surface area contributed by atoms with E-state index in [1.807, 2.05) is 18.2 Å². The van der Waals surface area contributed by atoms with Crippen molar-refractivity contribution in [2.75, 3.05) is 13.2 Å². The molecule has 0 saturated carbocycles. The first-order valence-electron chi connectivity index (χ1n) is 9.33. The fraction of sp³-hybridized carbons (Fsp3) is 0.238. The maximum atomic E-state index is 12.8. The third-order valence-electron chi connectivity index (χ3n) is 4.67. The molecule has 1 amide bonds. The Balaban J connectivity index is 1.63. The molecule has 3 aromatic rings. The quantitative estimate of drug-likeness (QED) is 0.543. The van der Waals surface area contributed by atoms with Crippen molar-refractivity contribution in [2.24, 2.45) is 5.10 Å². The highest BCUT2D eigenvalue weighted by molar-refractivity contribution is 6.06. The van der Waals surface area contributed by atoms with E-state index in [4.69, 9.17) is 9.47 Å². The van der Waals surface area contributed by atoms with Crippen LogP contribution in [-0.4, -0.2) is 34.6 Å². The molecule has 8 heteroatoms. The van der Waals surface area contributed by atoms with E-state index in [1.165, 1.54) is 4.68 Å². The van der Waals surface area contributed by atoms with Crippen molar-refractivity contribution in [3.63, 3.8) is 0 Å². The maximum absolute atomic E-state index is 12.8. The van der Waals surface area contributed by atoms with Gasteiger partial charge in [0, 0.05) is 17.5 Å². The number of carbonyl (C=O) groups is 1. The van der Waals surface area contributed by atoms with Crippen LogP contribution in [0.2, 0.25) is 0 Å². The molecular formula is C21H20N4O4. The van der Waals surface area contributed by atoms with Crippen LogP contribution in [0, 0.1) is 0 Å². The maximum Gasteiger partial charge on any atom is 0.292 e. The molecule has 0 spiro atoms. The van der Waals surface area contributed by atoms with Gasteiger partial charge in [-0.05, 0) is 38.1 Å². The van der Waals surface area contributed by atoms with E-state index < -0.39 is 5.91 Å². The summed E-state index contributed by atoms with van der Waals surface area (Å²) in [6, 6.07) is 12.4. The number of amides is 1. The Morgan fingerprint density at radius 2 is 1.86 bits per heavy atom. The molecule has 1 N–H and O–H groups in total. The van der Waals surface area contributed by atoms with Gasteiger partial charge in [0.2, 0.25) is 0 Å². The third kappa shape index (κ3) is 3.56. The lowest BCUT2D eigenvalue weighted by Gasteiger charge is -2.18. The van der Waals surface area contributed by atoms with Crippen molar-refractivity contribution in [3.8, 4) is 11.5 Å². The first kappa shape index (κ1) is 18.7. The number of aryl methyl sites for hydroxylation is 1. The number of rotatable bonds is 4. The van der Waals surface area contributed by atoms with Gasteiger partial charge in [0.25, 0.3) is 11.5 Å². The predicted molar refractivity (Wildman–Crippen MR) is 109 cm³/mol. The fourth-order valence-corrected chi connectivity index (χ4v) is 3.14. The number of aromatic nitrogens is 2. The summed E-state index contributed by atoms with van der Waals surface area (Å²) in [5.74, 6) is 0.854. The summed E-state index contributed by atoms with van der Waals surface area (Å²) in [5, 5.41) is 9.35. The van der Waals surface area contributed by atoms with E-state index in [2.05, 4.69) is 15.6 Å². The zero-order valence-electron chi connectivity index (χ0n) is 16.1. The molecule has 8 nitrogen and oxygen atoms in total. The molecule has 0 saturated heterocycles. The van der Waals surface area contributed by atoms with Gasteiger partial charge in [-0.15, -0.1) is 0 Å². The highest BCUT2D eigenvalue weighted by atomic mass is 16.6. The Morgan fingerprint density at radius 3 is 2.62 bits per heavy atom. The number of ether oxygens (including phenoxy) is 2. The molecule has 29 heavy (non-hydrogen) atoms. The Kier molecular flexibility index (Phi) is 4.99. The van der Waals surface area contributed by atoms with Crippen LogP contribution in [0.25, 0.3) is 10.8 Å². The molecule has 0 fully saturated rings. The largest absolute Gasteiger partial charge is 0.486 e. The van der Waals surface area contributed by atoms with Gasteiger partial charge in [-0.2, -0.15) is 10.2 Å². The normalized spacial score (nSPS) is 13.4. The highest BCUT2D eigenvalue weighted by Crippen LogP contribution is 2.30. The fourth-order valence-electron chi connectivity index (χ4n) is 3.14. The summed E-state index contributed by atoms with van der Waals surface area (Å²) in [7, 11) is 0. The molecule has 2 heterocycles. The number of carbonyl (C=O) groups excluding carboxylic acids is 1. The van der Waals surface area contributed by atoms with Crippen LogP contribution in [0.1, 0.15) is 29.9 Å². The van der Waals surface area contributed by atoms with Gasteiger partial charge in [0.15, 0.2) is 17.2 Å². The molecule has 1 aliphatic heterocycles. The van der Waals surface area contributed by atoms with Crippen LogP contribution in [0.4, 0.5) is 0 Å². The molecule has 1 aromatic heterocycles. The molecule has 0 bridgehead atoms.